The van der Waals surface area contributed by atoms with Crippen LogP contribution in [0.1, 0.15) is 12.8 Å². The first-order valence-electron chi connectivity index (χ1n) is 4.57. The van der Waals surface area contributed by atoms with Crippen LogP contribution in [-0.2, 0) is 0 Å². The first kappa shape index (κ1) is 8.44. The molecule has 2 aliphatic rings. The van der Waals surface area contributed by atoms with Crippen LogP contribution in [0.5, 0.6) is 0 Å². The molecule has 0 radical (unpaired) electrons. The SMILES string of the molecule is O[C@H]1CC[NH+]2C[C@@H](O)[C@H](O)[C@H]2C1. The molecule has 0 spiro atoms. The quantitative estimate of drug-likeness (QED) is 0.319. The molecule has 4 N–H and O–H groups in total. The van der Waals surface area contributed by atoms with Gasteiger partial charge in [-0.1, -0.05) is 0 Å². The van der Waals surface area contributed by atoms with Gasteiger partial charge in [0, 0.05) is 12.8 Å². The number of rotatable bonds is 0. The summed E-state index contributed by atoms with van der Waals surface area (Å²) in [6.45, 7) is 1.51. The van der Waals surface area contributed by atoms with Crippen molar-refractivity contribution in [3.63, 3.8) is 0 Å². The normalized spacial score (nSPS) is 53.8. The molecular weight excluding hydrogens is 158 g/mol. The van der Waals surface area contributed by atoms with E-state index in [1.807, 2.05) is 0 Å². The van der Waals surface area contributed by atoms with E-state index in [-0.39, 0.29) is 12.1 Å². The lowest BCUT2D eigenvalue weighted by Gasteiger charge is -2.30. The van der Waals surface area contributed by atoms with E-state index in [4.69, 9.17) is 0 Å². The smallest absolute Gasteiger partial charge is 0.137 e. The number of aliphatic hydroxyl groups excluding tert-OH is 3. The first-order valence-corrected chi connectivity index (χ1v) is 4.57. The van der Waals surface area contributed by atoms with Crippen LogP contribution in [-0.4, -0.2) is 52.8 Å². The van der Waals surface area contributed by atoms with Crippen LogP contribution in [0.15, 0.2) is 0 Å². The van der Waals surface area contributed by atoms with Gasteiger partial charge in [0.05, 0.1) is 12.6 Å². The van der Waals surface area contributed by atoms with Crippen LogP contribution < -0.4 is 4.90 Å². The summed E-state index contributed by atoms with van der Waals surface area (Å²) in [5, 5.41) is 28.2. The lowest BCUT2D eigenvalue weighted by molar-refractivity contribution is -0.921. The van der Waals surface area contributed by atoms with Gasteiger partial charge >= 0.3 is 0 Å². The van der Waals surface area contributed by atoms with Gasteiger partial charge in [-0.2, -0.15) is 0 Å². The molecule has 2 fully saturated rings. The van der Waals surface area contributed by atoms with E-state index in [0.717, 1.165) is 13.0 Å². The zero-order chi connectivity index (χ0) is 8.72. The summed E-state index contributed by atoms with van der Waals surface area (Å²) in [5.41, 5.74) is 0. The molecule has 0 aromatic heterocycles. The molecule has 4 nitrogen and oxygen atoms in total. The molecule has 70 valence electrons. The highest BCUT2D eigenvalue weighted by Crippen LogP contribution is 2.14. The molecule has 0 bridgehead atoms. The lowest BCUT2D eigenvalue weighted by atomic mass is 9.98. The molecule has 2 aliphatic heterocycles. The van der Waals surface area contributed by atoms with Crippen LogP contribution >= 0.6 is 0 Å². The van der Waals surface area contributed by atoms with Crippen molar-refractivity contribution in [3.05, 3.63) is 0 Å². The Morgan fingerprint density at radius 3 is 2.67 bits per heavy atom. The molecule has 0 saturated carbocycles. The highest BCUT2D eigenvalue weighted by Gasteiger charge is 2.46. The summed E-state index contributed by atoms with van der Waals surface area (Å²) in [4.78, 5) is 1.25. The number of aliphatic hydroxyl groups is 3. The second-order valence-corrected chi connectivity index (χ2v) is 3.96. The number of quaternary nitrogens is 1. The van der Waals surface area contributed by atoms with Gasteiger partial charge in [-0.25, -0.2) is 0 Å². The van der Waals surface area contributed by atoms with Crippen molar-refractivity contribution >= 4 is 0 Å². The second kappa shape index (κ2) is 2.96. The van der Waals surface area contributed by atoms with Crippen molar-refractivity contribution in [1.29, 1.82) is 0 Å². The summed E-state index contributed by atoms with van der Waals surface area (Å²) >= 11 is 0. The maximum atomic E-state index is 9.53. The average molecular weight is 174 g/mol. The summed E-state index contributed by atoms with van der Waals surface area (Å²) in [6, 6.07) is 0.0590. The summed E-state index contributed by atoms with van der Waals surface area (Å²) in [7, 11) is 0. The fraction of sp³-hybridized carbons (Fsp3) is 1.00. The highest BCUT2D eigenvalue weighted by atomic mass is 16.3. The minimum atomic E-state index is -0.630. The number of hydrogen-bond donors (Lipinski definition) is 4. The van der Waals surface area contributed by atoms with E-state index in [9.17, 15) is 15.3 Å². The van der Waals surface area contributed by atoms with E-state index in [0.29, 0.717) is 13.0 Å². The number of hydrogen-bond acceptors (Lipinski definition) is 3. The molecule has 2 heterocycles. The van der Waals surface area contributed by atoms with E-state index < -0.39 is 12.2 Å². The zero-order valence-corrected chi connectivity index (χ0v) is 6.98. The van der Waals surface area contributed by atoms with Crippen LogP contribution in [0.3, 0.4) is 0 Å². The zero-order valence-electron chi connectivity index (χ0n) is 6.98. The van der Waals surface area contributed by atoms with Gasteiger partial charge < -0.3 is 20.2 Å². The Balaban J connectivity index is 2.05. The van der Waals surface area contributed by atoms with Crippen molar-refractivity contribution in [2.24, 2.45) is 0 Å². The van der Waals surface area contributed by atoms with Crippen molar-refractivity contribution in [3.8, 4) is 0 Å². The van der Waals surface area contributed by atoms with Gasteiger partial charge in [0.15, 0.2) is 0 Å². The minimum absolute atomic E-state index is 0.0590. The predicted octanol–water partition coefficient (Wildman–Crippen LogP) is -2.87. The fourth-order valence-corrected chi connectivity index (χ4v) is 2.41. The van der Waals surface area contributed by atoms with E-state index in [2.05, 4.69) is 0 Å². The Labute approximate surface area is 71.4 Å². The summed E-state index contributed by atoms with van der Waals surface area (Å²) in [6.07, 6.45) is -0.0669. The molecule has 12 heavy (non-hydrogen) atoms. The van der Waals surface area contributed by atoms with Gasteiger partial charge in [0.25, 0.3) is 0 Å². The van der Waals surface area contributed by atoms with Gasteiger partial charge in [-0.3, -0.25) is 0 Å². The van der Waals surface area contributed by atoms with Crippen LogP contribution in [0.2, 0.25) is 0 Å². The van der Waals surface area contributed by atoms with Crippen molar-refractivity contribution < 1.29 is 20.2 Å². The maximum Gasteiger partial charge on any atom is 0.137 e. The topological polar surface area (TPSA) is 65.1 Å². The van der Waals surface area contributed by atoms with Crippen molar-refractivity contribution in [2.45, 2.75) is 37.2 Å². The van der Waals surface area contributed by atoms with Crippen LogP contribution in [0.25, 0.3) is 0 Å². The molecule has 1 unspecified atom stereocenters. The summed E-state index contributed by atoms with van der Waals surface area (Å²) in [5.74, 6) is 0. The van der Waals surface area contributed by atoms with E-state index in [1.54, 1.807) is 0 Å². The fourth-order valence-electron chi connectivity index (χ4n) is 2.41. The Hall–Kier alpha value is -0.160. The second-order valence-electron chi connectivity index (χ2n) is 3.96. The third kappa shape index (κ3) is 1.25. The van der Waals surface area contributed by atoms with Crippen LogP contribution in [0, 0.1) is 0 Å². The number of piperidine rings is 1. The standard InChI is InChI=1S/C8H15NO3/c10-5-1-2-9-4-7(11)8(12)6(9)3-5/h5-8,10-12H,1-4H2/p+1/t5-,6+,7+,8+/m0/s1. The van der Waals surface area contributed by atoms with E-state index >= 15 is 0 Å². The molecule has 0 aromatic rings. The molecule has 0 aliphatic carbocycles. The lowest BCUT2D eigenvalue weighted by Crippen LogP contribution is -3.15. The highest BCUT2D eigenvalue weighted by molar-refractivity contribution is 4.85. The molecule has 5 atom stereocenters. The third-order valence-corrected chi connectivity index (χ3v) is 3.13. The molecule has 0 aromatic carbocycles. The van der Waals surface area contributed by atoms with Crippen molar-refractivity contribution in [1.82, 2.24) is 0 Å². The minimum Gasteiger partial charge on any atom is -0.393 e. The third-order valence-electron chi connectivity index (χ3n) is 3.13. The Morgan fingerprint density at radius 2 is 1.92 bits per heavy atom. The monoisotopic (exact) mass is 174 g/mol. The Bertz CT molecular complexity index is 176. The van der Waals surface area contributed by atoms with E-state index in [1.165, 1.54) is 4.90 Å². The molecular formula is C8H16NO3+. The number of fused-ring (bicyclic) bond motifs is 1. The Kier molecular flexibility index (Phi) is 2.08. The van der Waals surface area contributed by atoms with Crippen molar-refractivity contribution in [2.75, 3.05) is 13.1 Å². The van der Waals surface area contributed by atoms with Crippen LogP contribution in [0.4, 0.5) is 0 Å². The summed E-state index contributed by atoms with van der Waals surface area (Å²) < 4.78 is 0. The number of nitrogens with one attached hydrogen (secondary N) is 1. The Morgan fingerprint density at radius 1 is 1.17 bits per heavy atom. The maximum absolute atomic E-state index is 9.53. The average Bonchev–Trinajstić information content (AvgIpc) is 2.31. The first-order chi connectivity index (χ1) is 5.68. The van der Waals surface area contributed by atoms with Gasteiger partial charge in [-0.05, 0) is 0 Å². The molecule has 0 amide bonds. The van der Waals surface area contributed by atoms with Gasteiger partial charge in [-0.15, -0.1) is 0 Å². The van der Waals surface area contributed by atoms with Gasteiger partial charge in [0.1, 0.15) is 24.8 Å². The predicted molar refractivity (Wildman–Crippen MR) is 41.7 cm³/mol. The molecule has 2 rings (SSSR count). The molecule has 2 saturated heterocycles. The van der Waals surface area contributed by atoms with Gasteiger partial charge in [0.2, 0.25) is 0 Å². The largest absolute Gasteiger partial charge is 0.393 e. The molecule has 4 heteroatoms.